The molecule has 0 spiro atoms. The van der Waals surface area contributed by atoms with E-state index >= 15 is 0 Å². The number of hydrogen-bond acceptors (Lipinski definition) is 5. The highest BCUT2D eigenvalue weighted by atomic mass is 16.5. The van der Waals surface area contributed by atoms with E-state index in [1.807, 2.05) is 0 Å². The molecule has 1 aromatic heterocycles. The number of carbonyl (C=O) groups is 1. The number of pyridine rings is 1. The van der Waals surface area contributed by atoms with Crippen LogP contribution in [0.5, 0.6) is 0 Å². The third-order valence-electron chi connectivity index (χ3n) is 2.47. The fourth-order valence-corrected chi connectivity index (χ4v) is 1.64. The van der Waals surface area contributed by atoms with Gasteiger partial charge in [0.25, 0.3) is 0 Å². The minimum Gasteiger partial charge on any atom is -0.464 e. The Kier molecular flexibility index (Phi) is 3.08. The van der Waals surface area contributed by atoms with Crippen LogP contribution in [-0.2, 0) is 4.74 Å². The van der Waals surface area contributed by atoms with E-state index in [9.17, 15) is 14.8 Å². The minimum atomic E-state index is -1.59. The molecule has 0 radical (unpaired) electrons. The molecule has 0 atom stereocenters. The molecule has 1 aromatic carbocycles. The summed E-state index contributed by atoms with van der Waals surface area (Å²) in [5.74, 6) is -0.561. The molecule has 6 heteroatoms. The number of hydrogen-bond donors (Lipinski definition) is 2. The van der Waals surface area contributed by atoms with Crippen LogP contribution >= 0.6 is 0 Å². The number of esters is 1. The number of ether oxygens (including phenoxy) is 1. The Morgan fingerprint density at radius 2 is 2.18 bits per heavy atom. The monoisotopic (exact) mass is 231 g/mol. The van der Waals surface area contributed by atoms with Crippen molar-refractivity contribution in [3.05, 3.63) is 36.2 Å². The Bertz CT molecular complexity index is 570. The van der Waals surface area contributed by atoms with Crippen molar-refractivity contribution in [2.24, 2.45) is 0 Å². The quantitative estimate of drug-likeness (QED) is 0.548. The van der Waals surface area contributed by atoms with Gasteiger partial charge in [0.1, 0.15) is 5.69 Å². The lowest BCUT2D eigenvalue weighted by molar-refractivity contribution is 0.0594. The molecule has 86 valence electrons. The van der Waals surface area contributed by atoms with Crippen molar-refractivity contribution in [3.63, 3.8) is 0 Å². The Balaban J connectivity index is 2.65. The van der Waals surface area contributed by atoms with Gasteiger partial charge in [-0.15, -0.1) is 0 Å². The predicted molar refractivity (Wildman–Crippen MR) is 62.9 cm³/mol. The Labute approximate surface area is 97.8 Å². The van der Waals surface area contributed by atoms with Gasteiger partial charge in [0, 0.05) is 6.20 Å². The van der Waals surface area contributed by atoms with Crippen LogP contribution in [0.2, 0.25) is 0 Å². The second-order valence-electron chi connectivity index (χ2n) is 3.50. The number of aromatic nitrogens is 1. The summed E-state index contributed by atoms with van der Waals surface area (Å²) in [5, 5.41) is 19.7. The summed E-state index contributed by atoms with van der Waals surface area (Å²) >= 11 is 0. The van der Waals surface area contributed by atoms with Crippen molar-refractivity contribution in [1.82, 2.24) is 4.98 Å². The lowest BCUT2D eigenvalue weighted by Crippen LogP contribution is -2.30. The maximum absolute atomic E-state index is 11.3. The summed E-state index contributed by atoms with van der Waals surface area (Å²) in [6.45, 7) is 0. The van der Waals surface area contributed by atoms with Crippen molar-refractivity contribution in [2.75, 3.05) is 7.11 Å². The highest BCUT2D eigenvalue weighted by Gasteiger charge is 2.16. The molecule has 17 heavy (non-hydrogen) atoms. The smallest absolute Gasteiger partial charge is 0.464 e. The fourth-order valence-electron chi connectivity index (χ4n) is 1.64. The Morgan fingerprint density at radius 1 is 1.41 bits per heavy atom. The van der Waals surface area contributed by atoms with E-state index in [0.29, 0.717) is 10.8 Å². The molecule has 2 rings (SSSR count). The first-order chi connectivity index (χ1) is 8.13. The molecule has 5 nitrogen and oxygen atoms in total. The topological polar surface area (TPSA) is 79.7 Å². The molecule has 0 fully saturated rings. The second kappa shape index (κ2) is 4.53. The molecular weight excluding hydrogens is 221 g/mol. The fraction of sp³-hybridized carbons (Fsp3) is 0.0909. The van der Waals surface area contributed by atoms with Crippen LogP contribution in [0.3, 0.4) is 0 Å². The van der Waals surface area contributed by atoms with Crippen LogP contribution in [-0.4, -0.2) is 35.2 Å². The van der Waals surface area contributed by atoms with E-state index in [2.05, 4.69) is 9.72 Å². The van der Waals surface area contributed by atoms with Gasteiger partial charge in [0.2, 0.25) is 0 Å². The normalized spacial score (nSPS) is 10.3. The van der Waals surface area contributed by atoms with E-state index in [1.165, 1.54) is 19.4 Å². The molecular formula is C11H10BNO4. The molecule has 0 aliphatic heterocycles. The molecule has 1 heterocycles. The van der Waals surface area contributed by atoms with Crippen LogP contribution in [0.4, 0.5) is 0 Å². The Morgan fingerprint density at radius 3 is 2.82 bits per heavy atom. The van der Waals surface area contributed by atoms with Crippen molar-refractivity contribution in [1.29, 1.82) is 0 Å². The van der Waals surface area contributed by atoms with E-state index < -0.39 is 13.1 Å². The number of benzene rings is 1. The number of nitrogens with zero attached hydrogens (tertiary/aromatic N) is 1. The van der Waals surface area contributed by atoms with Gasteiger partial charge >= 0.3 is 13.1 Å². The number of fused-ring (bicyclic) bond motifs is 1. The highest BCUT2D eigenvalue weighted by molar-refractivity contribution is 6.62. The molecule has 0 saturated carbocycles. The van der Waals surface area contributed by atoms with Gasteiger partial charge in [-0.25, -0.2) is 9.78 Å². The molecule has 0 unspecified atom stereocenters. The molecule has 2 aromatic rings. The maximum atomic E-state index is 11.3. The van der Waals surface area contributed by atoms with Gasteiger partial charge in [-0.1, -0.05) is 18.2 Å². The Hall–Kier alpha value is -1.92. The summed E-state index contributed by atoms with van der Waals surface area (Å²) < 4.78 is 4.56. The standard InChI is InChI=1S/C11H10BNO4/c1-17-11(14)10-5-8-7(6-13-10)3-2-4-9(8)12(15)16/h2-6,15-16H,1H3. The maximum Gasteiger partial charge on any atom is 0.489 e. The molecule has 2 N–H and O–H groups in total. The average Bonchev–Trinajstić information content (AvgIpc) is 2.36. The van der Waals surface area contributed by atoms with Crippen LogP contribution < -0.4 is 5.46 Å². The summed E-state index contributed by atoms with van der Waals surface area (Å²) in [7, 11) is -0.326. The summed E-state index contributed by atoms with van der Waals surface area (Å²) in [5.41, 5.74) is 0.461. The molecule has 0 aliphatic rings. The van der Waals surface area contributed by atoms with Crippen LogP contribution in [0.25, 0.3) is 10.8 Å². The van der Waals surface area contributed by atoms with Gasteiger partial charge in [0.15, 0.2) is 0 Å². The molecule has 0 saturated heterocycles. The zero-order chi connectivity index (χ0) is 12.4. The van der Waals surface area contributed by atoms with Gasteiger partial charge < -0.3 is 14.8 Å². The van der Waals surface area contributed by atoms with Crippen molar-refractivity contribution < 1.29 is 19.6 Å². The average molecular weight is 231 g/mol. The van der Waals surface area contributed by atoms with Crippen molar-refractivity contribution in [2.45, 2.75) is 0 Å². The zero-order valence-corrected chi connectivity index (χ0v) is 9.12. The number of carbonyl (C=O) groups excluding carboxylic acids is 1. The molecule has 0 bridgehead atoms. The lowest BCUT2D eigenvalue weighted by atomic mass is 9.77. The highest BCUT2D eigenvalue weighted by Crippen LogP contribution is 2.12. The van der Waals surface area contributed by atoms with Crippen LogP contribution in [0.15, 0.2) is 30.5 Å². The minimum absolute atomic E-state index is 0.133. The van der Waals surface area contributed by atoms with E-state index in [0.717, 1.165) is 5.39 Å². The third kappa shape index (κ3) is 2.13. The lowest BCUT2D eigenvalue weighted by Gasteiger charge is -2.06. The van der Waals surface area contributed by atoms with Gasteiger partial charge in [-0.05, 0) is 22.3 Å². The van der Waals surface area contributed by atoms with E-state index in [-0.39, 0.29) is 5.69 Å². The summed E-state index contributed by atoms with van der Waals surface area (Å²) in [6.07, 6.45) is 1.49. The van der Waals surface area contributed by atoms with Gasteiger partial charge in [0.05, 0.1) is 7.11 Å². The van der Waals surface area contributed by atoms with Gasteiger partial charge in [-0.3, -0.25) is 0 Å². The molecule has 0 amide bonds. The largest absolute Gasteiger partial charge is 0.489 e. The van der Waals surface area contributed by atoms with Crippen LogP contribution in [0.1, 0.15) is 10.5 Å². The zero-order valence-electron chi connectivity index (χ0n) is 9.12. The second-order valence-corrected chi connectivity index (χ2v) is 3.50. The van der Waals surface area contributed by atoms with E-state index in [4.69, 9.17) is 0 Å². The summed E-state index contributed by atoms with van der Waals surface area (Å²) in [6, 6.07) is 6.52. The SMILES string of the molecule is COC(=O)c1cc2c(B(O)O)cccc2cn1. The summed E-state index contributed by atoms with van der Waals surface area (Å²) in [4.78, 5) is 15.3. The first-order valence-electron chi connectivity index (χ1n) is 4.96. The third-order valence-corrected chi connectivity index (χ3v) is 2.47. The van der Waals surface area contributed by atoms with Crippen LogP contribution in [0, 0.1) is 0 Å². The first-order valence-corrected chi connectivity index (χ1v) is 4.96. The number of methoxy groups -OCH3 is 1. The molecule has 0 aliphatic carbocycles. The van der Waals surface area contributed by atoms with Crippen molar-refractivity contribution in [3.8, 4) is 0 Å². The number of rotatable bonds is 2. The predicted octanol–water partition coefficient (Wildman–Crippen LogP) is -0.299. The first kappa shape index (κ1) is 11.6. The van der Waals surface area contributed by atoms with E-state index in [1.54, 1.807) is 18.2 Å². The van der Waals surface area contributed by atoms with Crippen molar-refractivity contribution >= 4 is 29.3 Å². The van der Waals surface area contributed by atoms with Gasteiger partial charge in [-0.2, -0.15) is 0 Å².